The summed E-state index contributed by atoms with van der Waals surface area (Å²) in [6, 6.07) is 2.98. The number of fused-ring (bicyclic) bond motifs is 1. The molecule has 1 amide bonds. The molecule has 0 radical (unpaired) electrons. The minimum atomic E-state index is -3.73. The van der Waals surface area contributed by atoms with Crippen molar-refractivity contribution in [3.63, 3.8) is 0 Å². The lowest BCUT2D eigenvalue weighted by atomic mass is 9.88. The van der Waals surface area contributed by atoms with Crippen LogP contribution in [0.2, 0.25) is 0 Å². The molecule has 1 N–H and O–H groups in total. The van der Waals surface area contributed by atoms with E-state index in [0.29, 0.717) is 0 Å². The highest BCUT2D eigenvalue weighted by molar-refractivity contribution is 5.79. The second-order valence-electron chi connectivity index (χ2n) is 8.71. The molecule has 0 bridgehead atoms. The van der Waals surface area contributed by atoms with Crippen LogP contribution in [0.5, 0.6) is 5.75 Å². The number of benzene rings is 1. The Morgan fingerprint density at radius 2 is 1.92 bits per heavy atom. The van der Waals surface area contributed by atoms with E-state index in [1.807, 2.05) is 0 Å². The number of nitro groups is 1. The number of nitrogens with zero attached hydrogens (tertiary/aromatic N) is 1. The highest BCUT2D eigenvalue weighted by Gasteiger charge is 2.68. The van der Waals surface area contributed by atoms with Gasteiger partial charge in [0.25, 0.3) is 5.69 Å². The minimum absolute atomic E-state index is 0.142. The first kappa shape index (κ1) is 26.4. The van der Waals surface area contributed by atoms with Crippen molar-refractivity contribution < 1.29 is 61.2 Å². The minimum Gasteiger partial charge on any atom is -0.465 e. The largest absolute Gasteiger partial charge is 0.514 e. The zero-order chi connectivity index (χ0) is 27.1. The lowest BCUT2D eigenvalue weighted by Gasteiger charge is -2.43. The highest BCUT2D eigenvalue weighted by Crippen LogP contribution is 2.41. The number of carbonyl (C=O) groups excluding carboxylic acids is 3. The van der Waals surface area contributed by atoms with Crippen molar-refractivity contribution in [3.05, 3.63) is 34.4 Å². The molecule has 1 aromatic rings. The fourth-order valence-electron chi connectivity index (χ4n) is 4.18. The van der Waals surface area contributed by atoms with Crippen LogP contribution in [0.25, 0.3) is 0 Å². The Bertz CT molecular complexity index is 1090. The maximum Gasteiger partial charge on any atom is 0.514 e. The van der Waals surface area contributed by atoms with Crippen LogP contribution in [-0.2, 0) is 33.2 Å². The molecule has 0 saturated carbocycles. The molecular formula is C21H22F2N2O12. The quantitative estimate of drug-likeness (QED) is 0.185. The van der Waals surface area contributed by atoms with Gasteiger partial charge in [0, 0.05) is 12.1 Å². The van der Waals surface area contributed by atoms with Gasteiger partial charge in [-0.1, -0.05) is 0 Å². The van der Waals surface area contributed by atoms with Crippen molar-refractivity contribution in [2.45, 2.75) is 62.1 Å². The topological polar surface area (TPSA) is 171 Å². The lowest BCUT2D eigenvalue weighted by Crippen LogP contribution is -2.69. The summed E-state index contributed by atoms with van der Waals surface area (Å²) in [4.78, 5) is 46.9. The van der Waals surface area contributed by atoms with Crippen molar-refractivity contribution in [3.8, 4) is 5.75 Å². The number of carbonyl (C=O) groups is 3. The Morgan fingerprint density at radius 3 is 2.49 bits per heavy atom. The number of esters is 1. The highest BCUT2D eigenvalue weighted by atomic mass is 19.2. The van der Waals surface area contributed by atoms with Crippen molar-refractivity contribution in [2.24, 2.45) is 0 Å². The molecule has 0 aromatic heterocycles. The molecule has 7 atom stereocenters. The number of ether oxygens (including phenoxy) is 7. The predicted octanol–water partition coefficient (Wildman–Crippen LogP) is 1.68. The molecule has 37 heavy (non-hydrogen) atoms. The average Bonchev–Trinajstić information content (AvgIpc) is 3.41. The molecule has 3 fully saturated rings. The van der Waals surface area contributed by atoms with Gasteiger partial charge in [-0.25, -0.2) is 18.8 Å². The van der Waals surface area contributed by atoms with Crippen molar-refractivity contribution in [1.82, 2.24) is 5.32 Å². The van der Waals surface area contributed by atoms with Crippen molar-refractivity contribution in [2.75, 3.05) is 13.7 Å². The van der Waals surface area contributed by atoms with Crippen LogP contribution in [0, 0.1) is 10.1 Å². The maximum atomic E-state index is 15.6. The molecule has 202 valence electrons. The number of nitrogens with one attached hydrogen (secondary N) is 1. The number of nitro benzene ring substituents is 1. The number of non-ortho nitro benzene ring substituents is 1. The molecule has 3 heterocycles. The van der Waals surface area contributed by atoms with Gasteiger partial charge in [0.2, 0.25) is 6.17 Å². The number of rotatable bonds is 6. The molecule has 3 aliphatic heterocycles. The first-order valence-electron chi connectivity index (χ1n) is 10.9. The van der Waals surface area contributed by atoms with Gasteiger partial charge in [0.15, 0.2) is 18.0 Å². The van der Waals surface area contributed by atoms with Crippen molar-refractivity contribution >= 4 is 23.9 Å². The molecule has 3 aliphatic rings. The monoisotopic (exact) mass is 532 g/mol. The number of halogens is 2. The van der Waals surface area contributed by atoms with Gasteiger partial charge < -0.3 is 38.5 Å². The van der Waals surface area contributed by atoms with E-state index in [1.54, 1.807) is 0 Å². The van der Waals surface area contributed by atoms with Gasteiger partial charge in [-0.15, -0.1) is 0 Å². The molecule has 0 spiro atoms. The molecular weight excluding hydrogens is 510 g/mol. The number of alkyl halides is 2. The Hall–Kier alpha value is -3.63. The number of methoxy groups -OCH3 is 1. The zero-order valence-electron chi connectivity index (χ0n) is 19.6. The summed E-state index contributed by atoms with van der Waals surface area (Å²) in [5.41, 5.74) is -0.265. The third-order valence-corrected chi connectivity index (χ3v) is 5.85. The van der Waals surface area contributed by atoms with Gasteiger partial charge in [0.1, 0.15) is 24.0 Å². The summed E-state index contributed by atoms with van der Waals surface area (Å²) < 4.78 is 66.5. The average molecular weight is 532 g/mol. The van der Waals surface area contributed by atoms with Gasteiger partial charge in [-0.2, -0.15) is 4.39 Å². The van der Waals surface area contributed by atoms with Crippen LogP contribution in [0.4, 0.5) is 24.1 Å². The third kappa shape index (κ3) is 5.12. The summed E-state index contributed by atoms with van der Waals surface area (Å²) in [6.07, 6.45) is -11.7. The van der Waals surface area contributed by atoms with Gasteiger partial charge in [-0.3, -0.25) is 10.1 Å². The Morgan fingerprint density at radius 1 is 1.24 bits per heavy atom. The second-order valence-corrected chi connectivity index (χ2v) is 8.71. The van der Waals surface area contributed by atoms with E-state index >= 15 is 8.78 Å². The SMILES string of the molecule is COC(=O)C1(F)OC(C(OC(=O)Oc2ccc([N+](=O)[O-])cc2)[C@H]2COC(C)(C)O2)C2NC(=O)OC2C1F. The van der Waals surface area contributed by atoms with E-state index in [0.717, 1.165) is 31.4 Å². The Kier molecular flexibility index (Phi) is 6.91. The summed E-state index contributed by atoms with van der Waals surface area (Å²) in [7, 11) is 0.797. The molecule has 6 unspecified atom stereocenters. The molecule has 4 rings (SSSR count). The Balaban J connectivity index is 1.63. The van der Waals surface area contributed by atoms with E-state index in [9.17, 15) is 24.5 Å². The first-order valence-corrected chi connectivity index (χ1v) is 10.9. The molecule has 3 saturated heterocycles. The van der Waals surface area contributed by atoms with E-state index in [2.05, 4.69) is 10.1 Å². The van der Waals surface area contributed by atoms with Crippen LogP contribution in [0.1, 0.15) is 13.8 Å². The predicted molar refractivity (Wildman–Crippen MR) is 112 cm³/mol. The number of amides is 1. The lowest BCUT2D eigenvalue weighted by molar-refractivity contribution is -0.384. The van der Waals surface area contributed by atoms with E-state index in [-0.39, 0.29) is 18.0 Å². The van der Waals surface area contributed by atoms with Crippen LogP contribution in [0.3, 0.4) is 0 Å². The fraction of sp³-hybridized carbons (Fsp3) is 0.571. The Labute approximate surface area is 207 Å². The van der Waals surface area contributed by atoms with Gasteiger partial charge in [-0.05, 0) is 26.0 Å². The third-order valence-electron chi connectivity index (χ3n) is 5.85. The molecule has 0 aliphatic carbocycles. The van der Waals surface area contributed by atoms with E-state index in [1.165, 1.54) is 13.8 Å². The first-order chi connectivity index (χ1) is 17.3. The smallest absolute Gasteiger partial charge is 0.465 e. The normalized spacial score (nSPS) is 32.9. The van der Waals surface area contributed by atoms with E-state index in [4.69, 9.17) is 28.4 Å². The van der Waals surface area contributed by atoms with Crippen LogP contribution < -0.4 is 10.1 Å². The van der Waals surface area contributed by atoms with Crippen LogP contribution in [-0.4, -0.2) is 85.1 Å². The molecule has 1 aromatic carbocycles. The van der Waals surface area contributed by atoms with Crippen LogP contribution in [0.15, 0.2) is 24.3 Å². The molecule has 16 heteroatoms. The zero-order valence-corrected chi connectivity index (χ0v) is 19.6. The summed E-state index contributed by atoms with van der Waals surface area (Å²) in [6.45, 7) is 2.86. The van der Waals surface area contributed by atoms with Crippen LogP contribution >= 0.6 is 0 Å². The van der Waals surface area contributed by atoms with Gasteiger partial charge in [0.05, 0.1) is 18.6 Å². The number of hydrogen-bond acceptors (Lipinski definition) is 12. The summed E-state index contributed by atoms with van der Waals surface area (Å²) >= 11 is 0. The van der Waals surface area contributed by atoms with E-state index < -0.39 is 71.4 Å². The summed E-state index contributed by atoms with van der Waals surface area (Å²) in [5.74, 6) is -6.80. The standard InChI is InChI=1S/C21H22F2N2O12/c1-20(2)32-8-11(36-20)13(35-19(28)33-10-6-4-9(5-7-10)25(29)30)14-12-15(34-18(27)24-12)16(22)21(23,37-14)17(26)31-3/h4-7,11-16H,8H2,1-3H3,(H,24,27)/t11-,12?,13?,14?,15?,16?,21?/m1/s1. The maximum absolute atomic E-state index is 15.6. The summed E-state index contributed by atoms with van der Waals surface area (Å²) in [5, 5.41) is 13.1. The van der Waals surface area contributed by atoms with Crippen molar-refractivity contribution in [1.29, 1.82) is 0 Å². The molecule has 14 nitrogen and oxygen atoms in total. The van der Waals surface area contributed by atoms with Gasteiger partial charge >= 0.3 is 24.1 Å². The number of hydrogen-bond donors (Lipinski definition) is 1. The number of alkyl carbamates (subject to hydrolysis) is 1. The fourth-order valence-corrected chi connectivity index (χ4v) is 4.18. The second kappa shape index (κ2) is 9.68.